The van der Waals surface area contributed by atoms with Crippen molar-refractivity contribution in [2.45, 2.75) is 31.8 Å². The average Bonchev–Trinajstić information content (AvgIpc) is 3.46. The van der Waals surface area contributed by atoms with Crippen molar-refractivity contribution in [3.63, 3.8) is 0 Å². The quantitative estimate of drug-likeness (QED) is 0.677. The fraction of sp³-hybridized carbons (Fsp3) is 0.300. The molecule has 0 aliphatic heterocycles. The molecule has 0 heterocycles. The van der Waals surface area contributed by atoms with Crippen molar-refractivity contribution in [3.8, 4) is 0 Å². The minimum absolute atomic E-state index is 0. The molecule has 7 heteroatoms. The van der Waals surface area contributed by atoms with Gasteiger partial charge in [0.15, 0.2) is 0 Å². The molecule has 1 saturated carbocycles. The van der Waals surface area contributed by atoms with E-state index < -0.39 is 12.0 Å². The Bertz CT molecular complexity index is 810. The van der Waals surface area contributed by atoms with E-state index in [0.29, 0.717) is 16.3 Å². The third-order valence-electron chi connectivity index (χ3n) is 4.53. The number of hydrogen-bond donors (Lipinski definition) is 3. The van der Waals surface area contributed by atoms with Crippen LogP contribution in [0.15, 0.2) is 48.5 Å². The zero-order chi connectivity index (χ0) is 18.7. The molecule has 2 unspecified atom stereocenters. The first-order valence-corrected chi connectivity index (χ1v) is 9.05. The first kappa shape index (κ1) is 21.2. The molecule has 1 aliphatic rings. The van der Waals surface area contributed by atoms with Gasteiger partial charge >= 0.3 is 0 Å². The molecule has 2 amide bonds. The van der Waals surface area contributed by atoms with Crippen molar-refractivity contribution in [2.75, 3.05) is 5.32 Å². The molecule has 5 nitrogen and oxygen atoms in total. The van der Waals surface area contributed by atoms with Gasteiger partial charge in [-0.3, -0.25) is 9.59 Å². The normalized spacial score (nSPS) is 15.2. The molecule has 0 spiro atoms. The van der Waals surface area contributed by atoms with Crippen molar-refractivity contribution < 1.29 is 9.59 Å². The van der Waals surface area contributed by atoms with Gasteiger partial charge in [-0.05, 0) is 36.6 Å². The van der Waals surface area contributed by atoms with Crippen LogP contribution in [0.25, 0.3) is 0 Å². The molecule has 0 aromatic heterocycles. The van der Waals surface area contributed by atoms with Gasteiger partial charge in [-0.15, -0.1) is 12.4 Å². The summed E-state index contributed by atoms with van der Waals surface area (Å²) in [5, 5.41) is 6.08. The third kappa shape index (κ3) is 5.45. The summed E-state index contributed by atoms with van der Waals surface area (Å²) < 4.78 is 0. The number of carbonyl (C=O) groups excluding carboxylic acids is 2. The topological polar surface area (TPSA) is 84.2 Å². The summed E-state index contributed by atoms with van der Waals surface area (Å²) in [6, 6.07) is 14.2. The fourth-order valence-electron chi connectivity index (χ4n) is 2.65. The third-order valence-corrected chi connectivity index (χ3v) is 4.86. The first-order chi connectivity index (χ1) is 12.5. The second-order valence-corrected chi connectivity index (χ2v) is 7.06. The number of carbonyl (C=O) groups is 2. The summed E-state index contributed by atoms with van der Waals surface area (Å²) in [5.74, 6) is -0.864. The lowest BCUT2D eigenvalue weighted by molar-refractivity contribution is -0.120. The Morgan fingerprint density at radius 3 is 2.44 bits per heavy atom. The highest BCUT2D eigenvalue weighted by molar-refractivity contribution is 6.34. The number of rotatable bonds is 6. The molecule has 1 fully saturated rings. The van der Waals surface area contributed by atoms with Gasteiger partial charge in [0.05, 0.1) is 16.5 Å². The van der Waals surface area contributed by atoms with Crippen LogP contribution < -0.4 is 16.4 Å². The highest BCUT2D eigenvalue weighted by Crippen LogP contribution is 2.25. The Kier molecular flexibility index (Phi) is 7.25. The van der Waals surface area contributed by atoms with E-state index in [2.05, 4.69) is 10.6 Å². The molecule has 144 valence electrons. The molecule has 2 aromatic carbocycles. The van der Waals surface area contributed by atoms with Crippen LogP contribution in [0.1, 0.15) is 41.7 Å². The number of hydrogen-bond acceptors (Lipinski definition) is 3. The average molecular weight is 408 g/mol. The maximum Gasteiger partial charge on any atom is 0.253 e. The van der Waals surface area contributed by atoms with Crippen LogP contribution in [0.5, 0.6) is 0 Å². The predicted molar refractivity (Wildman–Crippen MR) is 110 cm³/mol. The van der Waals surface area contributed by atoms with Crippen molar-refractivity contribution in [1.82, 2.24) is 5.32 Å². The molecule has 0 radical (unpaired) electrons. The molecule has 0 bridgehead atoms. The first-order valence-electron chi connectivity index (χ1n) is 8.67. The molecule has 1 aliphatic carbocycles. The van der Waals surface area contributed by atoms with Gasteiger partial charge in [-0.2, -0.15) is 0 Å². The zero-order valence-electron chi connectivity index (χ0n) is 14.9. The number of benzene rings is 2. The summed E-state index contributed by atoms with van der Waals surface area (Å²) in [6.07, 6.45) is 1.99. The van der Waals surface area contributed by atoms with Gasteiger partial charge in [0.2, 0.25) is 5.91 Å². The molecule has 2 atom stereocenters. The molecule has 3 rings (SSSR count). The molecular formula is C20H23Cl2N3O2. The van der Waals surface area contributed by atoms with Crippen LogP contribution in [-0.4, -0.2) is 17.9 Å². The van der Waals surface area contributed by atoms with Gasteiger partial charge < -0.3 is 16.4 Å². The summed E-state index contributed by atoms with van der Waals surface area (Å²) >= 11 is 6.13. The second kappa shape index (κ2) is 9.22. The maximum atomic E-state index is 12.6. The highest BCUT2D eigenvalue weighted by Gasteiger charge is 2.25. The van der Waals surface area contributed by atoms with Crippen LogP contribution in [0.3, 0.4) is 0 Å². The number of anilines is 1. The minimum atomic E-state index is -0.434. The van der Waals surface area contributed by atoms with E-state index >= 15 is 0 Å². The van der Waals surface area contributed by atoms with Crippen molar-refractivity contribution in [1.29, 1.82) is 0 Å². The van der Waals surface area contributed by atoms with Gasteiger partial charge in [-0.25, -0.2) is 0 Å². The molecule has 2 aromatic rings. The summed E-state index contributed by atoms with van der Waals surface area (Å²) in [4.78, 5) is 24.8. The van der Waals surface area contributed by atoms with Crippen LogP contribution in [0.2, 0.25) is 5.02 Å². The zero-order valence-corrected chi connectivity index (χ0v) is 16.5. The number of halogens is 2. The van der Waals surface area contributed by atoms with Gasteiger partial charge in [-0.1, -0.05) is 48.9 Å². The monoisotopic (exact) mass is 407 g/mol. The van der Waals surface area contributed by atoms with Crippen LogP contribution in [0.4, 0.5) is 5.69 Å². The standard InChI is InChI=1S/C20H22ClN3O2.ClH/c1-12(18(22)13-5-3-2-4-6-13)19(25)24-15-9-10-17(21)16(11-15)20(26)23-14-7-8-14;/h2-6,9-12,14,18H,7-8,22H2,1H3,(H,23,26)(H,24,25);1H. The van der Waals surface area contributed by atoms with Crippen molar-refractivity contribution >= 4 is 41.5 Å². The minimum Gasteiger partial charge on any atom is -0.349 e. The number of amides is 2. The van der Waals surface area contributed by atoms with Crippen LogP contribution >= 0.6 is 24.0 Å². The largest absolute Gasteiger partial charge is 0.349 e. The Hall–Kier alpha value is -2.08. The Labute approximate surface area is 170 Å². The van der Waals surface area contributed by atoms with Crippen LogP contribution in [-0.2, 0) is 4.79 Å². The lowest BCUT2D eigenvalue weighted by atomic mass is 9.94. The van der Waals surface area contributed by atoms with E-state index in [1.807, 2.05) is 30.3 Å². The van der Waals surface area contributed by atoms with Crippen molar-refractivity contribution in [3.05, 3.63) is 64.7 Å². The lowest BCUT2D eigenvalue weighted by Gasteiger charge is -2.20. The Morgan fingerprint density at radius 1 is 1.15 bits per heavy atom. The van der Waals surface area contributed by atoms with E-state index in [0.717, 1.165) is 18.4 Å². The lowest BCUT2D eigenvalue weighted by Crippen LogP contribution is -2.30. The summed E-state index contributed by atoms with van der Waals surface area (Å²) in [5.41, 5.74) is 7.99. The van der Waals surface area contributed by atoms with Gasteiger partial charge in [0, 0.05) is 17.8 Å². The highest BCUT2D eigenvalue weighted by atomic mass is 35.5. The van der Waals surface area contributed by atoms with E-state index in [1.165, 1.54) is 0 Å². The van der Waals surface area contributed by atoms with Crippen LogP contribution in [0, 0.1) is 5.92 Å². The summed E-state index contributed by atoms with van der Waals surface area (Å²) in [7, 11) is 0. The fourth-order valence-corrected chi connectivity index (χ4v) is 2.85. The van der Waals surface area contributed by atoms with Crippen molar-refractivity contribution in [2.24, 2.45) is 11.7 Å². The van der Waals surface area contributed by atoms with E-state index in [-0.39, 0.29) is 30.3 Å². The number of nitrogens with one attached hydrogen (secondary N) is 2. The van der Waals surface area contributed by atoms with Gasteiger partial charge in [0.1, 0.15) is 0 Å². The maximum absolute atomic E-state index is 12.6. The predicted octanol–water partition coefficient (Wildman–Crippen LogP) is 3.93. The molecular weight excluding hydrogens is 385 g/mol. The Balaban J connectivity index is 0.00000261. The second-order valence-electron chi connectivity index (χ2n) is 6.66. The molecule has 4 N–H and O–H groups in total. The van der Waals surface area contributed by atoms with E-state index in [9.17, 15) is 9.59 Å². The smallest absolute Gasteiger partial charge is 0.253 e. The van der Waals surface area contributed by atoms with E-state index in [4.69, 9.17) is 17.3 Å². The number of nitrogens with two attached hydrogens (primary N) is 1. The summed E-state index contributed by atoms with van der Waals surface area (Å²) in [6.45, 7) is 1.78. The molecule has 27 heavy (non-hydrogen) atoms. The van der Waals surface area contributed by atoms with Gasteiger partial charge in [0.25, 0.3) is 5.91 Å². The Morgan fingerprint density at radius 2 is 1.81 bits per heavy atom. The van der Waals surface area contributed by atoms with E-state index in [1.54, 1.807) is 25.1 Å². The SMILES string of the molecule is CC(C(=O)Nc1ccc(Cl)c(C(=O)NC2CC2)c1)C(N)c1ccccc1.Cl. The molecule has 0 saturated heterocycles.